The van der Waals surface area contributed by atoms with Gasteiger partial charge in [-0.05, 0) is 32.1 Å². The third-order valence-electron chi connectivity index (χ3n) is 5.94. The fraction of sp³-hybridized carbons (Fsp3) is 0.895. The molecule has 0 N–H and O–H groups in total. The minimum absolute atomic E-state index is 0.0976. The molecule has 3 amide bonds. The fourth-order valence-electron chi connectivity index (χ4n) is 4.17. The molecule has 2 heterocycles. The Morgan fingerprint density at radius 3 is 2.27 bits per heavy atom. The molecule has 7 heteroatoms. The van der Waals surface area contributed by atoms with E-state index in [4.69, 9.17) is 4.74 Å². The first-order chi connectivity index (χ1) is 12.5. The average molecular weight is 367 g/mol. The lowest BCUT2D eigenvalue weighted by molar-refractivity contribution is -0.131. The van der Waals surface area contributed by atoms with E-state index in [9.17, 15) is 9.59 Å². The van der Waals surface area contributed by atoms with Crippen LogP contribution in [0.15, 0.2) is 0 Å². The Labute approximate surface area is 157 Å². The van der Waals surface area contributed by atoms with E-state index >= 15 is 0 Å². The second kappa shape index (κ2) is 8.57. The number of hydrogen-bond donors (Lipinski definition) is 0. The molecule has 0 aromatic heterocycles. The molecule has 0 aromatic carbocycles. The summed E-state index contributed by atoms with van der Waals surface area (Å²) in [7, 11) is 5.55. The number of rotatable bonds is 6. The van der Waals surface area contributed by atoms with Gasteiger partial charge in [0.05, 0.1) is 0 Å². The summed E-state index contributed by atoms with van der Waals surface area (Å²) in [4.78, 5) is 32.6. The zero-order valence-corrected chi connectivity index (χ0v) is 16.5. The standard InChI is InChI=1S/C19H34N4O3/c1-20(2)19(25)22-9-6-17(14-22)23(16-7-12-26-13-8-16)11-10-21(3)18(24)15-4-5-15/h15-17H,4-14H2,1-3H3. The van der Waals surface area contributed by atoms with Crippen LogP contribution in [0.4, 0.5) is 4.79 Å². The van der Waals surface area contributed by atoms with E-state index in [1.165, 1.54) is 0 Å². The van der Waals surface area contributed by atoms with Crippen LogP contribution in [0.25, 0.3) is 0 Å². The number of likely N-dealkylation sites (tertiary alicyclic amines) is 1. The first kappa shape index (κ1) is 19.4. The predicted octanol–water partition coefficient (Wildman–Crippen LogP) is 1.09. The molecule has 0 aromatic rings. The van der Waals surface area contributed by atoms with Gasteiger partial charge in [-0.3, -0.25) is 9.69 Å². The molecule has 1 saturated carbocycles. The van der Waals surface area contributed by atoms with Crippen molar-refractivity contribution in [1.29, 1.82) is 0 Å². The zero-order valence-electron chi connectivity index (χ0n) is 16.5. The van der Waals surface area contributed by atoms with Crippen LogP contribution in [0, 0.1) is 5.92 Å². The molecule has 3 aliphatic rings. The molecule has 1 unspecified atom stereocenters. The second-order valence-electron chi connectivity index (χ2n) is 8.18. The monoisotopic (exact) mass is 366 g/mol. The number of amides is 3. The first-order valence-electron chi connectivity index (χ1n) is 10.0. The van der Waals surface area contributed by atoms with Crippen molar-refractivity contribution in [2.45, 2.75) is 44.2 Å². The quantitative estimate of drug-likeness (QED) is 0.706. The van der Waals surface area contributed by atoms with Gasteiger partial charge in [-0.1, -0.05) is 0 Å². The number of ether oxygens (including phenoxy) is 1. The summed E-state index contributed by atoms with van der Waals surface area (Å²) < 4.78 is 5.54. The van der Waals surface area contributed by atoms with Crippen molar-refractivity contribution in [3.63, 3.8) is 0 Å². The summed E-state index contributed by atoms with van der Waals surface area (Å²) in [5.74, 6) is 0.573. The van der Waals surface area contributed by atoms with Gasteiger partial charge >= 0.3 is 6.03 Å². The number of carbonyl (C=O) groups excluding carboxylic acids is 2. The molecule has 7 nitrogen and oxygen atoms in total. The van der Waals surface area contributed by atoms with Gasteiger partial charge in [0.15, 0.2) is 0 Å². The minimum atomic E-state index is 0.0976. The van der Waals surface area contributed by atoms with E-state index in [1.54, 1.807) is 4.90 Å². The van der Waals surface area contributed by atoms with Crippen molar-refractivity contribution in [3.05, 3.63) is 0 Å². The topological polar surface area (TPSA) is 56.3 Å². The second-order valence-corrected chi connectivity index (χ2v) is 8.18. The Kier molecular flexibility index (Phi) is 6.40. The third kappa shape index (κ3) is 4.68. The minimum Gasteiger partial charge on any atom is -0.381 e. The molecule has 3 rings (SSSR count). The van der Waals surface area contributed by atoms with Crippen LogP contribution in [-0.4, -0.2) is 104 Å². The van der Waals surface area contributed by atoms with Crippen molar-refractivity contribution in [1.82, 2.24) is 19.6 Å². The Morgan fingerprint density at radius 1 is 0.962 bits per heavy atom. The Morgan fingerprint density at radius 2 is 1.65 bits per heavy atom. The smallest absolute Gasteiger partial charge is 0.319 e. The van der Waals surface area contributed by atoms with Crippen molar-refractivity contribution in [2.75, 3.05) is 60.5 Å². The highest BCUT2D eigenvalue weighted by Crippen LogP contribution is 2.30. The van der Waals surface area contributed by atoms with Gasteiger partial charge in [-0.25, -0.2) is 4.79 Å². The highest BCUT2D eigenvalue weighted by molar-refractivity contribution is 5.80. The highest BCUT2D eigenvalue weighted by atomic mass is 16.5. The van der Waals surface area contributed by atoms with Gasteiger partial charge in [0.1, 0.15) is 0 Å². The molecule has 1 atom stereocenters. The molecule has 0 bridgehead atoms. The number of likely N-dealkylation sites (N-methyl/N-ethyl adjacent to an activating group) is 1. The summed E-state index contributed by atoms with van der Waals surface area (Å²) in [6.07, 6.45) is 5.20. The summed E-state index contributed by atoms with van der Waals surface area (Å²) in [6, 6.07) is 0.972. The predicted molar refractivity (Wildman–Crippen MR) is 100.0 cm³/mol. The lowest BCUT2D eigenvalue weighted by Gasteiger charge is -2.39. The number of urea groups is 1. The number of nitrogens with zero attached hydrogens (tertiary/aromatic N) is 4. The zero-order chi connectivity index (χ0) is 18.7. The van der Waals surface area contributed by atoms with Crippen molar-refractivity contribution in [3.8, 4) is 0 Å². The van der Waals surface area contributed by atoms with Crippen LogP contribution in [0.3, 0.4) is 0 Å². The highest BCUT2D eigenvalue weighted by Gasteiger charge is 2.36. The van der Waals surface area contributed by atoms with E-state index in [0.29, 0.717) is 18.0 Å². The SMILES string of the molecule is CN(C)C(=O)N1CCC(N(CCN(C)C(=O)C2CC2)C2CCOCC2)C1. The molecular weight excluding hydrogens is 332 g/mol. The van der Waals surface area contributed by atoms with Gasteiger partial charge < -0.3 is 19.4 Å². The van der Waals surface area contributed by atoms with Gasteiger partial charge in [0.2, 0.25) is 5.91 Å². The maximum atomic E-state index is 12.3. The van der Waals surface area contributed by atoms with Crippen LogP contribution in [0.5, 0.6) is 0 Å². The third-order valence-corrected chi connectivity index (χ3v) is 5.94. The van der Waals surface area contributed by atoms with Crippen molar-refractivity contribution in [2.24, 2.45) is 5.92 Å². The van der Waals surface area contributed by atoms with E-state index in [2.05, 4.69) is 4.90 Å². The molecule has 148 valence electrons. The van der Waals surface area contributed by atoms with Crippen LogP contribution in [0.2, 0.25) is 0 Å². The van der Waals surface area contributed by atoms with Crippen LogP contribution < -0.4 is 0 Å². The Hall–Kier alpha value is -1.34. The first-order valence-corrected chi connectivity index (χ1v) is 10.0. The van der Waals surface area contributed by atoms with Crippen molar-refractivity contribution >= 4 is 11.9 Å². The average Bonchev–Trinajstić information content (AvgIpc) is 3.39. The van der Waals surface area contributed by atoms with E-state index in [-0.39, 0.29) is 11.9 Å². The number of carbonyl (C=O) groups is 2. The molecule has 3 fully saturated rings. The molecule has 0 radical (unpaired) electrons. The van der Waals surface area contributed by atoms with Gasteiger partial charge in [0.25, 0.3) is 0 Å². The molecule has 0 spiro atoms. The van der Waals surface area contributed by atoms with E-state index in [0.717, 1.165) is 71.5 Å². The fourth-order valence-corrected chi connectivity index (χ4v) is 4.17. The summed E-state index contributed by atoms with van der Waals surface area (Å²) >= 11 is 0. The maximum Gasteiger partial charge on any atom is 0.319 e. The molecule has 1 aliphatic carbocycles. The Bertz CT molecular complexity index is 503. The molecule has 2 aliphatic heterocycles. The summed E-state index contributed by atoms with van der Waals surface area (Å²) in [5, 5.41) is 0. The van der Waals surface area contributed by atoms with Gasteiger partial charge in [0, 0.05) is 78.5 Å². The van der Waals surface area contributed by atoms with Gasteiger partial charge in [-0.2, -0.15) is 0 Å². The molecule has 2 saturated heterocycles. The molecule has 26 heavy (non-hydrogen) atoms. The van der Waals surface area contributed by atoms with Crippen LogP contribution in [-0.2, 0) is 9.53 Å². The van der Waals surface area contributed by atoms with E-state index < -0.39 is 0 Å². The largest absolute Gasteiger partial charge is 0.381 e. The lowest BCUT2D eigenvalue weighted by Crippen LogP contribution is -2.50. The van der Waals surface area contributed by atoms with Crippen LogP contribution in [0.1, 0.15) is 32.1 Å². The normalized spacial score (nSPS) is 24.2. The van der Waals surface area contributed by atoms with Gasteiger partial charge in [-0.15, -0.1) is 0 Å². The Balaban J connectivity index is 1.59. The molecular formula is C19H34N4O3. The summed E-state index contributed by atoms with van der Waals surface area (Å²) in [6.45, 7) is 4.88. The number of hydrogen-bond acceptors (Lipinski definition) is 4. The maximum absolute atomic E-state index is 12.3. The summed E-state index contributed by atoms with van der Waals surface area (Å²) in [5.41, 5.74) is 0. The van der Waals surface area contributed by atoms with E-state index in [1.807, 2.05) is 30.9 Å². The lowest BCUT2D eigenvalue weighted by atomic mass is 10.0. The van der Waals surface area contributed by atoms with Crippen molar-refractivity contribution < 1.29 is 14.3 Å². The van der Waals surface area contributed by atoms with Crippen LogP contribution >= 0.6 is 0 Å².